The summed E-state index contributed by atoms with van der Waals surface area (Å²) in [5, 5.41) is 10.5. The van der Waals surface area contributed by atoms with Gasteiger partial charge < -0.3 is 5.32 Å². The highest BCUT2D eigenvalue weighted by Gasteiger charge is 2.49. The van der Waals surface area contributed by atoms with Crippen molar-refractivity contribution < 1.29 is 13.6 Å². The van der Waals surface area contributed by atoms with Crippen LogP contribution < -0.4 is 5.32 Å². The highest BCUT2D eigenvalue weighted by atomic mass is 19.3. The van der Waals surface area contributed by atoms with Crippen molar-refractivity contribution in [1.82, 2.24) is 10.2 Å². The Labute approximate surface area is 132 Å². The van der Waals surface area contributed by atoms with Crippen LogP contribution in [0.25, 0.3) is 11.3 Å². The van der Waals surface area contributed by atoms with Crippen LogP contribution in [-0.4, -0.2) is 22.5 Å². The predicted molar refractivity (Wildman–Crippen MR) is 83.0 cm³/mol. The van der Waals surface area contributed by atoms with E-state index < -0.39 is 17.7 Å². The molecule has 120 valence electrons. The Morgan fingerprint density at radius 1 is 1.04 bits per heavy atom. The third-order valence-corrected chi connectivity index (χ3v) is 4.34. The lowest BCUT2D eigenvalue weighted by atomic mass is 9.85. The van der Waals surface area contributed by atoms with E-state index in [1.165, 1.54) is 0 Å². The van der Waals surface area contributed by atoms with Gasteiger partial charge in [-0.15, -0.1) is 10.2 Å². The number of halogens is 2. The molecule has 1 N–H and O–H groups in total. The number of anilines is 1. The maximum Gasteiger partial charge on any atom is 0.252 e. The van der Waals surface area contributed by atoms with Crippen molar-refractivity contribution in [2.24, 2.45) is 5.41 Å². The Kier molecular flexibility index (Phi) is 4.32. The number of hydrogen-bond donors (Lipinski definition) is 1. The van der Waals surface area contributed by atoms with E-state index in [-0.39, 0.29) is 18.7 Å². The Bertz CT molecular complexity index is 668. The molecule has 4 nitrogen and oxygen atoms in total. The monoisotopic (exact) mass is 317 g/mol. The van der Waals surface area contributed by atoms with Crippen molar-refractivity contribution in [3.8, 4) is 11.3 Å². The summed E-state index contributed by atoms with van der Waals surface area (Å²) in [6, 6.07) is 12.8. The summed E-state index contributed by atoms with van der Waals surface area (Å²) in [5.74, 6) is -0.464. The minimum atomic E-state index is -2.67. The Morgan fingerprint density at radius 2 is 1.74 bits per heavy atom. The van der Waals surface area contributed by atoms with E-state index in [2.05, 4.69) is 15.5 Å². The van der Waals surface area contributed by atoms with E-state index in [1.807, 2.05) is 30.3 Å². The number of amides is 1. The zero-order valence-corrected chi connectivity index (χ0v) is 12.5. The van der Waals surface area contributed by atoms with Crippen LogP contribution in [0.15, 0.2) is 42.5 Å². The standard InChI is InChI=1S/C17H17F2N3O/c18-15(19)17(10-4-5-11-17)16(23)20-14-9-8-13(21-22-14)12-6-2-1-3-7-12/h1-3,6-9,15H,4-5,10-11H2,(H,20,22,23). The fraction of sp³-hybridized carbons (Fsp3) is 0.353. The maximum atomic E-state index is 13.3. The Hall–Kier alpha value is -2.37. The van der Waals surface area contributed by atoms with Gasteiger partial charge in [0, 0.05) is 5.56 Å². The molecule has 23 heavy (non-hydrogen) atoms. The van der Waals surface area contributed by atoms with Crippen molar-refractivity contribution in [3.05, 3.63) is 42.5 Å². The van der Waals surface area contributed by atoms with Gasteiger partial charge in [-0.25, -0.2) is 8.78 Å². The summed E-state index contributed by atoms with van der Waals surface area (Å²) >= 11 is 0. The molecule has 6 heteroatoms. The van der Waals surface area contributed by atoms with E-state index in [0.29, 0.717) is 18.5 Å². The Morgan fingerprint density at radius 3 is 2.30 bits per heavy atom. The molecule has 1 aliphatic rings. The van der Waals surface area contributed by atoms with Gasteiger partial charge in [-0.3, -0.25) is 4.79 Å². The topological polar surface area (TPSA) is 54.9 Å². The van der Waals surface area contributed by atoms with Gasteiger partial charge in [-0.1, -0.05) is 43.2 Å². The normalized spacial score (nSPS) is 16.5. The molecule has 0 atom stereocenters. The van der Waals surface area contributed by atoms with Gasteiger partial charge >= 0.3 is 0 Å². The second-order valence-electron chi connectivity index (χ2n) is 5.79. The number of nitrogens with one attached hydrogen (secondary N) is 1. The zero-order chi connectivity index (χ0) is 16.3. The SMILES string of the molecule is O=C(Nc1ccc(-c2ccccc2)nn1)C1(C(F)F)CCCC1. The molecule has 1 heterocycles. The van der Waals surface area contributed by atoms with Crippen LogP contribution in [0.3, 0.4) is 0 Å². The first-order valence-electron chi connectivity index (χ1n) is 7.60. The fourth-order valence-corrected chi connectivity index (χ4v) is 2.95. The van der Waals surface area contributed by atoms with Crippen LogP contribution in [0.4, 0.5) is 14.6 Å². The smallest absolute Gasteiger partial charge is 0.252 e. The molecule has 0 saturated heterocycles. The van der Waals surface area contributed by atoms with E-state index in [1.54, 1.807) is 12.1 Å². The first kappa shape index (κ1) is 15.5. The number of alkyl halides is 2. The zero-order valence-electron chi connectivity index (χ0n) is 12.5. The quantitative estimate of drug-likeness (QED) is 0.930. The van der Waals surface area contributed by atoms with E-state index in [9.17, 15) is 13.6 Å². The number of benzene rings is 1. The van der Waals surface area contributed by atoms with Crippen LogP contribution in [0.2, 0.25) is 0 Å². The van der Waals surface area contributed by atoms with Gasteiger partial charge in [0.15, 0.2) is 5.82 Å². The Balaban J connectivity index is 1.74. The van der Waals surface area contributed by atoms with Crippen molar-refractivity contribution in [2.75, 3.05) is 5.32 Å². The second-order valence-corrected chi connectivity index (χ2v) is 5.79. The van der Waals surface area contributed by atoms with Crippen molar-refractivity contribution in [1.29, 1.82) is 0 Å². The molecule has 1 fully saturated rings. The number of hydrogen-bond acceptors (Lipinski definition) is 3. The minimum absolute atomic E-state index is 0.196. The number of carbonyl (C=O) groups is 1. The molecule has 0 aliphatic heterocycles. The van der Waals surface area contributed by atoms with Gasteiger partial charge in [0.2, 0.25) is 5.91 Å². The lowest BCUT2D eigenvalue weighted by Gasteiger charge is -2.26. The summed E-state index contributed by atoms with van der Waals surface area (Å²) in [6.45, 7) is 0. The van der Waals surface area contributed by atoms with Gasteiger partial charge in [0.1, 0.15) is 5.41 Å². The molecule has 0 bridgehead atoms. The molecular weight excluding hydrogens is 300 g/mol. The molecule has 2 aromatic rings. The van der Waals surface area contributed by atoms with E-state index in [0.717, 1.165) is 5.56 Å². The lowest BCUT2D eigenvalue weighted by molar-refractivity contribution is -0.134. The van der Waals surface area contributed by atoms with Gasteiger partial charge in [0.05, 0.1) is 5.69 Å². The molecule has 0 radical (unpaired) electrons. The number of carbonyl (C=O) groups excluding carboxylic acids is 1. The number of aromatic nitrogens is 2. The summed E-state index contributed by atoms with van der Waals surface area (Å²) < 4.78 is 26.7. The number of rotatable bonds is 4. The average molecular weight is 317 g/mol. The second kappa shape index (κ2) is 6.40. The van der Waals surface area contributed by atoms with Crippen molar-refractivity contribution in [2.45, 2.75) is 32.1 Å². The van der Waals surface area contributed by atoms with Gasteiger partial charge in [-0.2, -0.15) is 0 Å². The first-order chi connectivity index (χ1) is 11.1. The van der Waals surface area contributed by atoms with Gasteiger partial charge in [0.25, 0.3) is 6.43 Å². The third-order valence-electron chi connectivity index (χ3n) is 4.34. The van der Waals surface area contributed by atoms with Crippen LogP contribution in [0.1, 0.15) is 25.7 Å². The van der Waals surface area contributed by atoms with E-state index >= 15 is 0 Å². The summed E-state index contributed by atoms with van der Waals surface area (Å²) in [7, 11) is 0. The van der Waals surface area contributed by atoms with Crippen LogP contribution >= 0.6 is 0 Å². The van der Waals surface area contributed by atoms with E-state index in [4.69, 9.17) is 0 Å². The highest BCUT2D eigenvalue weighted by Crippen LogP contribution is 2.43. The lowest BCUT2D eigenvalue weighted by Crippen LogP contribution is -2.40. The predicted octanol–water partition coefficient (Wildman–Crippen LogP) is 3.91. The third kappa shape index (κ3) is 3.06. The fourth-order valence-electron chi connectivity index (χ4n) is 2.95. The molecule has 3 rings (SSSR count). The average Bonchev–Trinajstić information content (AvgIpc) is 3.07. The van der Waals surface area contributed by atoms with Crippen LogP contribution in [-0.2, 0) is 4.79 Å². The summed E-state index contributed by atoms with van der Waals surface area (Å²) in [4.78, 5) is 12.3. The largest absolute Gasteiger partial charge is 0.309 e. The van der Waals surface area contributed by atoms with Crippen LogP contribution in [0, 0.1) is 5.41 Å². The number of nitrogens with zero attached hydrogens (tertiary/aromatic N) is 2. The highest BCUT2D eigenvalue weighted by molar-refractivity contribution is 5.95. The van der Waals surface area contributed by atoms with Crippen molar-refractivity contribution in [3.63, 3.8) is 0 Å². The molecule has 1 saturated carbocycles. The first-order valence-corrected chi connectivity index (χ1v) is 7.60. The molecule has 1 aromatic heterocycles. The molecular formula is C17H17F2N3O. The molecule has 1 aliphatic carbocycles. The molecule has 1 amide bonds. The molecule has 0 unspecified atom stereocenters. The summed E-state index contributed by atoms with van der Waals surface area (Å²) in [6.07, 6.45) is -0.938. The van der Waals surface area contributed by atoms with Crippen molar-refractivity contribution >= 4 is 11.7 Å². The maximum absolute atomic E-state index is 13.3. The summed E-state index contributed by atoms with van der Waals surface area (Å²) in [5.41, 5.74) is -0.0227. The molecule has 0 spiro atoms. The minimum Gasteiger partial charge on any atom is -0.309 e. The molecule has 1 aromatic carbocycles. The van der Waals surface area contributed by atoms with Gasteiger partial charge in [-0.05, 0) is 25.0 Å². The van der Waals surface area contributed by atoms with Crippen LogP contribution in [0.5, 0.6) is 0 Å².